The number of carbonyl (C=O) groups is 1. The number of anilines is 2. The summed E-state index contributed by atoms with van der Waals surface area (Å²) in [7, 11) is 1.84. The zero-order chi connectivity index (χ0) is 26.8. The molecule has 4 aromatic rings. The molecule has 1 saturated carbocycles. The van der Waals surface area contributed by atoms with Crippen LogP contribution in [-0.4, -0.2) is 37.7 Å². The maximum atomic E-state index is 13.7. The second-order valence-electron chi connectivity index (χ2n) is 10.3. The lowest BCUT2D eigenvalue weighted by Gasteiger charge is -2.26. The normalized spacial score (nSPS) is 17.5. The highest BCUT2D eigenvalue weighted by molar-refractivity contribution is 5.92. The monoisotopic (exact) mass is 515 g/mol. The van der Waals surface area contributed by atoms with Crippen molar-refractivity contribution < 1.29 is 9.18 Å². The van der Waals surface area contributed by atoms with E-state index in [0.29, 0.717) is 29.4 Å². The summed E-state index contributed by atoms with van der Waals surface area (Å²) in [5.74, 6) is 0.503. The molecule has 9 heteroatoms. The molecule has 4 N–H and O–H groups in total. The fourth-order valence-electron chi connectivity index (χ4n) is 5.24. The number of amides is 1. The third-order valence-electron chi connectivity index (χ3n) is 7.16. The van der Waals surface area contributed by atoms with Crippen LogP contribution in [0, 0.1) is 12.7 Å². The second kappa shape index (κ2) is 10.9. The number of aromatic nitrogens is 4. The Kier molecular flexibility index (Phi) is 7.37. The van der Waals surface area contributed by atoms with Crippen molar-refractivity contribution in [2.45, 2.75) is 64.5 Å². The molecule has 1 fully saturated rings. The first-order valence-electron chi connectivity index (χ1n) is 13.2. The molecule has 2 aromatic heterocycles. The molecule has 2 aromatic carbocycles. The van der Waals surface area contributed by atoms with Crippen LogP contribution in [0.3, 0.4) is 0 Å². The van der Waals surface area contributed by atoms with E-state index in [0.717, 1.165) is 65.4 Å². The van der Waals surface area contributed by atoms with E-state index in [2.05, 4.69) is 39.8 Å². The van der Waals surface area contributed by atoms with Crippen LogP contribution in [-0.2, 0) is 24.7 Å². The summed E-state index contributed by atoms with van der Waals surface area (Å²) < 4.78 is 15.4. The Morgan fingerprint density at radius 2 is 1.92 bits per heavy atom. The lowest BCUT2D eigenvalue weighted by molar-refractivity contribution is -0.115. The van der Waals surface area contributed by atoms with Crippen molar-refractivity contribution in [3.05, 3.63) is 65.1 Å². The summed E-state index contributed by atoms with van der Waals surface area (Å²) in [5.41, 5.74) is 11.3. The van der Waals surface area contributed by atoms with Gasteiger partial charge < -0.3 is 16.4 Å². The van der Waals surface area contributed by atoms with Gasteiger partial charge in [0, 0.05) is 42.3 Å². The molecule has 0 saturated heterocycles. The number of nitrogens with two attached hydrogens (primary N) is 1. The Hall–Kier alpha value is -3.85. The molecule has 0 bridgehead atoms. The van der Waals surface area contributed by atoms with Gasteiger partial charge in [-0.25, -0.2) is 14.4 Å². The summed E-state index contributed by atoms with van der Waals surface area (Å²) in [4.78, 5) is 22.1. The van der Waals surface area contributed by atoms with Gasteiger partial charge in [-0.15, -0.1) is 0 Å². The van der Waals surface area contributed by atoms with E-state index in [4.69, 9.17) is 10.7 Å². The van der Waals surface area contributed by atoms with Gasteiger partial charge in [-0.3, -0.25) is 9.48 Å². The van der Waals surface area contributed by atoms with Crippen molar-refractivity contribution in [3.8, 4) is 11.3 Å². The van der Waals surface area contributed by atoms with Crippen molar-refractivity contribution in [1.82, 2.24) is 19.7 Å². The van der Waals surface area contributed by atoms with Gasteiger partial charge in [0.05, 0.1) is 17.6 Å². The largest absolute Gasteiger partial charge is 0.351 e. The van der Waals surface area contributed by atoms with E-state index in [1.807, 2.05) is 25.4 Å². The van der Waals surface area contributed by atoms with Crippen LogP contribution in [0.1, 0.15) is 49.3 Å². The number of hydrogen-bond acceptors (Lipinski definition) is 6. The van der Waals surface area contributed by atoms with Gasteiger partial charge in [-0.1, -0.05) is 13.0 Å². The van der Waals surface area contributed by atoms with E-state index in [9.17, 15) is 9.18 Å². The van der Waals surface area contributed by atoms with Crippen LogP contribution in [0.5, 0.6) is 0 Å². The topological polar surface area (TPSA) is 111 Å². The minimum absolute atomic E-state index is 0.0713. The molecule has 0 unspecified atom stereocenters. The van der Waals surface area contributed by atoms with Crippen molar-refractivity contribution in [3.63, 3.8) is 0 Å². The first-order chi connectivity index (χ1) is 18.3. The Labute approximate surface area is 221 Å². The molecule has 38 heavy (non-hydrogen) atoms. The van der Waals surface area contributed by atoms with Gasteiger partial charge in [0.15, 0.2) is 5.82 Å². The van der Waals surface area contributed by atoms with Gasteiger partial charge in [-0.05, 0) is 80.0 Å². The quantitative estimate of drug-likeness (QED) is 0.323. The Balaban J connectivity index is 1.35. The molecular formula is C29H34FN7O. The predicted octanol–water partition coefficient (Wildman–Crippen LogP) is 4.90. The number of halogens is 1. The molecule has 0 spiro atoms. The van der Waals surface area contributed by atoms with Crippen LogP contribution >= 0.6 is 0 Å². The van der Waals surface area contributed by atoms with Crippen LogP contribution in [0.4, 0.5) is 16.2 Å². The first-order valence-corrected chi connectivity index (χ1v) is 13.2. The number of benzene rings is 2. The van der Waals surface area contributed by atoms with Gasteiger partial charge >= 0.3 is 0 Å². The highest BCUT2D eigenvalue weighted by Crippen LogP contribution is 2.29. The van der Waals surface area contributed by atoms with E-state index in [1.54, 1.807) is 11.6 Å². The summed E-state index contributed by atoms with van der Waals surface area (Å²) in [5, 5.41) is 11.8. The maximum Gasteiger partial charge on any atom is 0.229 e. The van der Waals surface area contributed by atoms with Crippen molar-refractivity contribution >= 4 is 28.6 Å². The van der Waals surface area contributed by atoms with E-state index < -0.39 is 0 Å². The highest BCUT2D eigenvalue weighted by atomic mass is 19.1. The van der Waals surface area contributed by atoms with Crippen LogP contribution in [0.15, 0.2) is 42.6 Å². The van der Waals surface area contributed by atoms with Crippen LogP contribution in [0.25, 0.3) is 22.2 Å². The highest BCUT2D eigenvalue weighted by Gasteiger charge is 2.20. The van der Waals surface area contributed by atoms with Crippen LogP contribution < -0.4 is 16.4 Å². The number of hydrogen-bond donors (Lipinski definition) is 3. The first kappa shape index (κ1) is 25.8. The Morgan fingerprint density at radius 1 is 1.13 bits per heavy atom. The number of carbonyl (C=O) groups excluding carboxylic acids is 1. The van der Waals surface area contributed by atoms with Crippen molar-refractivity contribution in [2.24, 2.45) is 12.8 Å². The molecule has 0 atom stereocenters. The molecule has 5 rings (SSSR count). The lowest BCUT2D eigenvalue weighted by Crippen LogP contribution is -2.33. The smallest absolute Gasteiger partial charge is 0.229 e. The molecule has 0 radical (unpaired) electrons. The number of nitrogens with zero attached hydrogens (tertiary/aromatic N) is 4. The fraction of sp³-hybridized carbons (Fsp3) is 0.379. The predicted molar refractivity (Wildman–Crippen MR) is 148 cm³/mol. The molecule has 2 heterocycles. The van der Waals surface area contributed by atoms with Crippen molar-refractivity contribution in [2.75, 3.05) is 10.6 Å². The number of aryl methyl sites for hydroxylation is 3. The molecule has 198 valence electrons. The summed E-state index contributed by atoms with van der Waals surface area (Å²) >= 11 is 0. The molecule has 1 aliphatic rings. The number of rotatable bonds is 7. The van der Waals surface area contributed by atoms with E-state index in [1.165, 1.54) is 12.1 Å². The minimum Gasteiger partial charge on any atom is -0.351 e. The molecular weight excluding hydrogens is 481 g/mol. The third-order valence-corrected chi connectivity index (χ3v) is 7.16. The summed E-state index contributed by atoms with van der Waals surface area (Å²) in [6.45, 7) is 3.91. The minimum atomic E-state index is -0.346. The van der Waals surface area contributed by atoms with Crippen molar-refractivity contribution in [1.29, 1.82) is 0 Å². The lowest BCUT2D eigenvalue weighted by atomic mass is 9.92. The molecule has 8 nitrogen and oxygen atoms in total. The van der Waals surface area contributed by atoms with Gasteiger partial charge in [0.1, 0.15) is 5.82 Å². The maximum absolute atomic E-state index is 13.7. The standard InChI is InChI=1S/C29H34FN7O/c1-4-19-13-20(14-21-16-32-29(35-28(19)21)33-24-7-5-23(31)6-8-24)25-15-26(36-37(25)3)34-27(38)12-18-9-17(2)10-22(30)11-18/h9-11,13-16,23-24H,4-8,12,31H2,1-3H3,(H,32,33,35)(H,34,36,38). The fourth-order valence-corrected chi connectivity index (χ4v) is 5.24. The third kappa shape index (κ3) is 5.83. The Bertz CT molecular complexity index is 1450. The summed E-state index contributed by atoms with van der Waals surface area (Å²) in [6, 6.07) is 11.3. The second-order valence-corrected chi connectivity index (χ2v) is 10.3. The van der Waals surface area contributed by atoms with Gasteiger partial charge in [-0.2, -0.15) is 5.10 Å². The molecule has 1 amide bonds. The summed E-state index contributed by atoms with van der Waals surface area (Å²) in [6.07, 6.45) is 6.85. The van der Waals surface area contributed by atoms with E-state index >= 15 is 0 Å². The SMILES string of the molecule is CCc1cc(-c2cc(NC(=O)Cc3cc(C)cc(F)c3)nn2C)cc2cnc(NC3CCC(N)CC3)nc12. The number of nitrogens with one attached hydrogen (secondary N) is 2. The average Bonchev–Trinajstić information content (AvgIpc) is 3.23. The Morgan fingerprint density at radius 3 is 2.66 bits per heavy atom. The molecule has 1 aliphatic carbocycles. The van der Waals surface area contributed by atoms with Crippen LogP contribution in [0.2, 0.25) is 0 Å². The van der Waals surface area contributed by atoms with Gasteiger partial charge in [0.25, 0.3) is 0 Å². The zero-order valence-electron chi connectivity index (χ0n) is 22.1. The zero-order valence-corrected chi connectivity index (χ0v) is 22.1. The average molecular weight is 516 g/mol. The van der Waals surface area contributed by atoms with Gasteiger partial charge in [0.2, 0.25) is 11.9 Å². The molecule has 0 aliphatic heterocycles. The number of fused-ring (bicyclic) bond motifs is 1. The van der Waals surface area contributed by atoms with E-state index in [-0.39, 0.29) is 18.1 Å².